The molecule has 3 heterocycles. The number of methoxy groups -OCH3 is 2. The summed E-state index contributed by atoms with van der Waals surface area (Å²) in [6.07, 6.45) is 4.14. The lowest BCUT2D eigenvalue weighted by Gasteiger charge is -2.29. The third-order valence-electron chi connectivity index (χ3n) is 5.34. The summed E-state index contributed by atoms with van der Waals surface area (Å²) in [6, 6.07) is 5.96. The summed E-state index contributed by atoms with van der Waals surface area (Å²) >= 11 is 0. The van der Waals surface area contributed by atoms with Gasteiger partial charge in [0.2, 0.25) is 0 Å². The van der Waals surface area contributed by atoms with Gasteiger partial charge < -0.3 is 14.8 Å². The molecule has 1 N–H and O–H groups in total. The molecule has 2 aromatic rings. The average Bonchev–Trinajstić information content (AvgIpc) is 3.22. The Balaban J connectivity index is 1.48. The van der Waals surface area contributed by atoms with Crippen molar-refractivity contribution in [1.29, 1.82) is 0 Å². The Morgan fingerprint density at radius 1 is 1.27 bits per heavy atom. The lowest BCUT2D eigenvalue weighted by Crippen LogP contribution is -2.31. The number of nitrogens with one attached hydrogen (secondary N) is 1. The number of fused-ring (bicyclic) bond motifs is 1. The summed E-state index contributed by atoms with van der Waals surface area (Å²) in [7, 11) is 3.40. The van der Waals surface area contributed by atoms with E-state index in [4.69, 9.17) is 14.5 Å². The average molecular weight is 354 g/mol. The molecule has 1 aromatic heterocycles. The number of nitrogens with zero attached hydrogens (tertiary/aromatic N) is 3. The molecular weight excluding hydrogens is 328 g/mol. The molecule has 0 bridgehead atoms. The Bertz CT molecular complexity index is 774. The molecule has 0 saturated carbocycles. The highest BCUT2D eigenvalue weighted by Gasteiger charge is 2.23. The predicted molar refractivity (Wildman–Crippen MR) is 99.6 cm³/mol. The van der Waals surface area contributed by atoms with Gasteiger partial charge in [0.1, 0.15) is 17.3 Å². The zero-order valence-corrected chi connectivity index (χ0v) is 15.5. The van der Waals surface area contributed by atoms with Crippen molar-refractivity contribution in [3.63, 3.8) is 0 Å². The summed E-state index contributed by atoms with van der Waals surface area (Å²) in [5.74, 6) is 3.24. The summed E-state index contributed by atoms with van der Waals surface area (Å²) in [5, 5.41) is 3.40. The second kappa shape index (κ2) is 7.60. The van der Waals surface area contributed by atoms with Crippen LogP contribution >= 0.6 is 0 Å². The van der Waals surface area contributed by atoms with Crippen molar-refractivity contribution in [2.24, 2.45) is 0 Å². The lowest BCUT2D eigenvalue weighted by molar-refractivity contribution is 0.238. The minimum atomic E-state index is 0.472. The van der Waals surface area contributed by atoms with Crippen molar-refractivity contribution in [3.05, 3.63) is 47.0 Å². The van der Waals surface area contributed by atoms with E-state index in [1.165, 1.54) is 11.3 Å². The maximum absolute atomic E-state index is 5.52. The van der Waals surface area contributed by atoms with E-state index in [1.54, 1.807) is 14.2 Å². The second-order valence-corrected chi connectivity index (χ2v) is 7.03. The zero-order chi connectivity index (χ0) is 17.9. The Morgan fingerprint density at radius 3 is 2.96 bits per heavy atom. The molecule has 4 rings (SSSR count). The van der Waals surface area contributed by atoms with Crippen LogP contribution in [0.2, 0.25) is 0 Å². The Hall–Kier alpha value is -2.18. The number of rotatable bonds is 5. The molecule has 6 heteroatoms. The molecule has 0 radical (unpaired) electrons. The van der Waals surface area contributed by atoms with Crippen LogP contribution in [-0.2, 0) is 19.5 Å². The molecule has 0 aliphatic carbocycles. The Morgan fingerprint density at radius 2 is 2.19 bits per heavy atom. The highest BCUT2D eigenvalue weighted by molar-refractivity contribution is 5.40. The van der Waals surface area contributed by atoms with E-state index >= 15 is 0 Å². The van der Waals surface area contributed by atoms with Crippen LogP contribution in [0.15, 0.2) is 24.4 Å². The standard InChI is InChI=1S/C20H26N4O2/c1-25-17-3-4-19(26-2)15(9-17)12-24-8-6-18-16(13-24)11-22-20(23-18)14-5-7-21-10-14/h3-4,9,11,14,21H,5-8,10,12-13H2,1-2H3. The van der Waals surface area contributed by atoms with E-state index < -0.39 is 0 Å². The monoisotopic (exact) mass is 354 g/mol. The number of hydrogen-bond donors (Lipinski definition) is 1. The van der Waals surface area contributed by atoms with Gasteiger partial charge in [0.15, 0.2) is 0 Å². The fraction of sp³-hybridized carbons (Fsp3) is 0.500. The topological polar surface area (TPSA) is 59.5 Å². The molecule has 1 saturated heterocycles. The molecule has 0 amide bonds. The molecule has 138 valence electrons. The van der Waals surface area contributed by atoms with Crippen molar-refractivity contribution in [2.75, 3.05) is 33.9 Å². The molecule has 2 aliphatic rings. The van der Waals surface area contributed by atoms with Crippen LogP contribution in [0.25, 0.3) is 0 Å². The van der Waals surface area contributed by atoms with E-state index in [-0.39, 0.29) is 0 Å². The second-order valence-electron chi connectivity index (χ2n) is 7.03. The van der Waals surface area contributed by atoms with E-state index in [0.29, 0.717) is 5.92 Å². The van der Waals surface area contributed by atoms with Crippen molar-refractivity contribution >= 4 is 0 Å². The van der Waals surface area contributed by atoms with Crippen molar-refractivity contribution in [3.8, 4) is 11.5 Å². The van der Waals surface area contributed by atoms with Crippen molar-refractivity contribution < 1.29 is 9.47 Å². The van der Waals surface area contributed by atoms with Crippen LogP contribution in [0.5, 0.6) is 11.5 Å². The first-order valence-corrected chi connectivity index (χ1v) is 9.25. The van der Waals surface area contributed by atoms with Gasteiger partial charge in [-0.2, -0.15) is 0 Å². The lowest BCUT2D eigenvalue weighted by atomic mass is 10.0. The van der Waals surface area contributed by atoms with Gasteiger partial charge in [0, 0.05) is 61.5 Å². The zero-order valence-electron chi connectivity index (χ0n) is 15.5. The number of hydrogen-bond acceptors (Lipinski definition) is 6. The Kier molecular flexibility index (Phi) is 5.04. The summed E-state index contributed by atoms with van der Waals surface area (Å²) < 4.78 is 10.9. The van der Waals surface area contributed by atoms with Gasteiger partial charge in [-0.05, 0) is 31.2 Å². The van der Waals surface area contributed by atoms with E-state index in [2.05, 4.69) is 21.3 Å². The molecule has 1 fully saturated rings. The summed E-state index contributed by atoms with van der Waals surface area (Å²) in [5.41, 5.74) is 3.61. The van der Waals surface area contributed by atoms with Gasteiger partial charge in [-0.15, -0.1) is 0 Å². The fourth-order valence-electron chi connectivity index (χ4n) is 3.84. The predicted octanol–water partition coefficient (Wildman–Crippen LogP) is 2.13. The third kappa shape index (κ3) is 3.52. The molecular formula is C20H26N4O2. The quantitative estimate of drug-likeness (QED) is 0.888. The van der Waals surface area contributed by atoms with Crippen LogP contribution in [-0.4, -0.2) is 48.7 Å². The number of aromatic nitrogens is 2. The van der Waals surface area contributed by atoms with E-state index in [1.807, 2.05) is 18.3 Å². The van der Waals surface area contributed by atoms with Gasteiger partial charge >= 0.3 is 0 Å². The summed E-state index contributed by atoms with van der Waals surface area (Å²) in [4.78, 5) is 11.9. The minimum absolute atomic E-state index is 0.472. The molecule has 2 aliphatic heterocycles. The minimum Gasteiger partial charge on any atom is -0.497 e. The normalized spacial score (nSPS) is 20.0. The third-order valence-corrected chi connectivity index (χ3v) is 5.34. The first-order valence-electron chi connectivity index (χ1n) is 9.25. The molecule has 26 heavy (non-hydrogen) atoms. The molecule has 6 nitrogen and oxygen atoms in total. The molecule has 1 aromatic carbocycles. The maximum atomic E-state index is 5.52. The Labute approximate surface area is 154 Å². The van der Waals surface area contributed by atoms with Crippen LogP contribution in [0.3, 0.4) is 0 Å². The van der Waals surface area contributed by atoms with Crippen molar-refractivity contribution in [1.82, 2.24) is 20.2 Å². The van der Waals surface area contributed by atoms with Crippen LogP contribution in [0.1, 0.15) is 35.0 Å². The molecule has 0 spiro atoms. The van der Waals surface area contributed by atoms with Crippen LogP contribution in [0, 0.1) is 0 Å². The fourth-order valence-corrected chi connectivity index (χ4v) is 3.84. The highest BCUT2D eigenvalue weighted by Crippen LogP contribution is 2.28. The van der Waals surface area contributed by atoms with Gasteiger partial charge in [-0.1, -0.05) is 0 Å². The van der Waals surface area contributed by atoms with Gasteiger partial charge in [0.05, 0.1) is 14.2 Å². The van der Waals surface area contributed by atoms with Gasteiger partial charge in [-0.25, -0.2) is 9.97 Å². The molecule has 1 unspecified atom stereocenters. The van der Waals surface area contributed by atoms with Crippen molar-refractivity contribution in [2.45, 2.75) is 31.8 Å². The first kappa shape index (κ1) is 17.2. The number of ether oxygens (including phenoxy) is 2. The first-order chi connectivity index (χ1) is 12.8. The van der Waals surface area contributed by atoms with Gasteiger partial charge in [0.25, 0.3) is 0 Å². The van der Waals surface area contributed by atoms with Crippen LogP contribution in [0.4, 0.5) is 0 Å². The molecule has 1 atom stereocenters. The largest absolute Gasteiger partial charge is 0.497 e. The maximum Gasteiger partial charge on any atom is 0.132 e. The van der Waals surface area contributed by atoms with Crippen LogP contribution < -0.4 is 14.8 Å². The highest BCUT2D eigenvalue weighted by atomic mass is 16.5. The van der Waals surface area contributed by atoms with E-state index in [9.17, 15) is 0 Å². The smallest absolute Gasteiger partial charge is 0.132 e. The SMILES string of the molecule is COc1ccc(OC)c(CN2CCc3nc(C4CCNC4)ncc3C2)c1. The number of benzene rings is 1. The van der Waals surface area contributed by atoms with Gasteiger partial charge in [-0.3, -0.25) is 4.90 Å². The summed E-state index contributed by atoms with van der Waals surface area (Å²) in [6.45, 7) is 4.77. The van der Waals surface area contributed by atoms with E-state index in [0.717, 1.165) is 68.5 Å².